The first kappa shape index (κ1) is 21.5. The van der Waals surface area contributed by atoms with Gasteiger partial charge in [-0.1, -0.05) is 41.4 Å². The Bertz CT molecular complexity index is 830. The van der Waals surface area contributed by atoms with Gasteiger partial charge in [0.15, 0.2) is 6.61 Å². The topological polar surface area (TPSA) is 93.7 Å². The number of hydrogen-bond donors (Lipinski definition) is 2. The van der Waals surface area contributed by atoms with E-state index in [0.717, 1.165) is 0 Å². The van der Waals surface area contributed by atoms with E-state index in [-0.39, 0.29) is 13.0 Å². The Morgan fingerprint density at radius 2 is 1.71 bits per heavy atom. The van der Waals surface area contributed by atoms with Crippen molar-refractivity contribution in [3.8, 4) is 5.75 Å². The Labute approximate surface area is 171 Å². The molecular formula is C19H18Cl2N2O5. The molecule has 0 saturated heterocycles. The second kappa shape index (κ2) is 11.2. The average Bonchev–Trinajstić information content (AvgIpc) is 2.69. The van der Waals surface area contributed by atoms with Crippen molar-refractivity contribution in [1.29, 1.82) is 0 Å². The predicted octanol–water partition coefficient (Wildman–Crippen LogP) is 3.16. The molecule has 0 atom stereocenters. The number of benzene rings is 2. The molecule has 0 aliphatic carbocycles. The Balaban J connectivity index is 1.59. The minimum Gasteiger partial charge on any atom is -0.492 e. The van der Waals surface area contributed by atoms with Crippen LogP contribution in [0.25, 0.3) is 0 Å². The zero-order valence-corrected chi connectivity index (χ0v) is 16.3. The number of hydrogen-bond acceptors (Lipinski definition) is 5. The van der Waals surface area contributed by atoms with Gasteiger partial charge in [0.1, 0.15) is 5.75 Å². The second-order valence-electron chi connectivity index (χ2n) is 5.56. The Morgan fingerprint density at radius 1 is 0.964 bits per heavy atom. The van der Waals surface area contributed by atoms with Gasteiger partial charge in [0.25, 0.3) is 11.8 Å². The van der Waals surface area contributed by atoms with Crippen molar-refractivity contribution in [3.63, 3.8) is 0 Å². The lowest BCUT2D eigenvalue weighted by molar-refractivity contribution is -0.148. The van der Waals surface area contributed by atoms with E-state index in [2.05, 4.69) is 10.9 Å². The minimum atomic E-state index is -0.651. The molecule has 7 nitrogen and oxygen atoms in total. The molecule has 0 spiro atoms. The van der Waals surface area contributed by atoms with E-state index in [0.29, 0.717) is 27.8 Å². The molecule has 0 fully saturated rings. The lowest BCUT2D eigenvalue weighted by atomic mass is 10.2. The van der Waals surface area contributed by atoms with Gasteiger partial charge in [-0.25, -0.2) is 0 Å². The van der Waals surface area contributed by atoms with E-state index in [1.807, 2.05) is 0 Å². The largest absolute Gasteiger partial charge is 0.492 e. The molecule has 2 aromatic carbocycles. The molecule has 0 heterocycles. The van der Waals surface area contributed by atoms with Crippen LogP contribution in [0.1, 0.15) is 23.2 Å². The molecule has 148 valence electrons. The van der Waals surface area contributed by atoms with Crippen molar-refractivity contribution in [1.82, 2.24) is 10.9 Å². The fourth-order valence-corrected chi connectivity index (χ4v) is 2.50. The number of ether oxygens (including phenoxy) is 2. The van der Waals surface area contributed by atoms with Gasteiger partial charge in [-0.15, -0.1) is 0 Å². The smallest absolute Gasteiger partial charge is 0.306 e. The lowest BCUT2D eigenvalue weighted by Crippen LogP contribution is -2.43. The average molecular weight is 425 g/mol. The summed E-state index contributed by atoms with van der Waals surface area (Å²) in [5, 5.41) is 0.878. The highest BCUT2D eigenvalue weighted by atomic mass is 35.5. The van der Waals surface area contributed by atoms with Crippen LogP contribution in [0.5, 0.6) is 5.75 Å². The first-order chi connectivity index (χ1) is 13.5. The highest BCUT2D eigenvalue weighted by Gasteiger charge is 2.10. The summed E-state index contributed by atoms with van der Waals surface area (Å²) in [6, 6.07) is 13.2. The molecule has 0 radical (unpaired) electrons. The summed E-state index contributed by atoms with van der Waals surface area (Å²) in [7, 11) is 0. The molecular weight excluding hydrogens is 407 g/mol. The zero-order chi connectivity index (χ0) is 20.4. The van der Waals surface area contributed by atoms with Crippen LogP contribution < -0.4 is 15.6 Å². The van der Waals surface area contributed by atoms with Crippen LogP contribution >= 0.6 is 23.2 Å². The van der Waals surface area contributed by atoms with Crippen molar-refractivity contribution in [2.45, 2.75) is 12.8 Å². The van der Waals surface area contributed by atoms with Crippen molar-refractivity contribution in [3.05, 3.63) is 64.1 Å². The Kier molecular flexibility index (Phi) is 8.58. The summed E-state index contributed by atoms with van der Waals surface area (Å²) in [5.41, 5.74) is 4.79. The van der Waals surface area contributed by atoms with Crippen LogP contribution in [0.2, 0.25) is 10.0 Å². The first-order valence-corrected chi connectivity index (χ1v) is 9.09. The van der Waals surface area contributed by atoms with Gasteiger partial charge in [-0.3, -0.25) is 25.2 Å². The molecule has 0 aliphatic rings. The quantitative estimate of drug-likeness (QED) is 0.385. The summed E-state index contributed by atoms with van der Waals surface area (Å²) in [5.74, 6) is -1.22. The maximum Gasteiger partial charge on any atom is 0.306 e. The number of esters is 1. The van der Waals surface area contributed by atoms with E-state index in [1.165, 1.54) is 0 Å². The number of hydrazine groups is 1. The van der Waals surface area contributed by atoms with Crippen LogP contribution in [0.15, 0.2) is 48.5 Å². The normalized spacial score (nSPS) is 10.1. The molecule has 0 unspecified atom stereocenters. The van der Waals surface area contributed by atoms with Crippen LogP contribution in [0.3, 0.4) is 0 Å². The van der Waals surface area contributed by atoms with Gasteiger partial charge in [0, 0.05) is 17.0 Å². The number of amides is 2. The molecule has 9 heteroatoms. The van der Waals surface area contributed by atoms with E-state index in [4.69, 9.17) is 32.7 Å². The van der Waals surface area contributed by atoms with E-state index in [1.54, 1.807) is 48.5 Å². The van der Waals surface area contributed by atoms with E-state index in [9.17, 15) is 14.4 Å². The lowest BCUT2D eigenvalue weighted by Gasteiger charge is -2.09. The summed E-state index contributed by atoms with van der Waals surface area (Å²) in [4.78, 5) is 35.0. The van der Waals surface area contributed by atoms with Crippen LogP contribution in [0.4, 0.5) is 0 Å². The second-order valence-corrected chi connectivity index (χ2v) is 6.40. The standard InChI is InChI=1S/C19H18Cl2N2O5/c20-14-8-9-16(15(21)11-14)27-10-4-7-18(25)28-12-17(24)22-23-19(26)13-5-2-1-3-6-13/h1-3,5-6,8-9,11H,4,7,10,12H2,(H,22,24)(H,23,26). The van der Waals surface area contributed by atoms with Gasteiger partial charge in [-0.05, 0) is 36.8 Å². The van der Waals surface area contributed by atoms with Crippen molar-refractivity contribution >= 4 is 41.0 Å². The third-order valence-corrected chi connectivity index (χ3v) is 3.92. The van der Waals surface area contributed by atoms with Crippen LogP contribution in [-0.2, 0) is 14.3 Å². The van der Waals surface area contributed by atoms with Crippen molar-refractivity contribution in [2.75, 3.05) is 13.2 Å². The number of carbonyl (C=O) groups is 3. The fraction of sp³-hybridized carbons (Fsp3) is 0.211. The van der Waals surface area contributed by atoms with Crippen molar-refractivity contribution in [2.24, 2.45) is 0 Å². The molecule has 28 heavy (non-hydrogen) atoms. The van der Waals surface area contributed by atoms with Crippen LogP contribution in [0, 0.1) is 0 Å². The molecule has 0 aliphatic heterocycles. The fourth-order valence-electron chi connectivity index (χ4n) is 2.03. The molecule has 2 N–H and O–H groups in total. The minimum absolute atomic E-state index is 0.0643. The number of rotatable bonds is 8. The number of halogens is 2. The first-order valence-electron chi connectivity index (χ1n) is 8.33. The monoisotopic (exact) mass is 424 g/mol. The summed E-state index contributed by atoms with van der Waals surface area (Å²) in [6.07, 6.45) is 0.443. The van der Waals surface area contributed by atoms with Gasteiger partial charge in [0.2, 0.25) is 0 Å². The maximum atomic E-state index is 11.8. The molecule has 2 rings (SSSR count). The molecule has 2 aromatic rings. The summed E-state index contributed by atoms with van der Waals surface area (Å²) in [6.45, 7) is -0.256. The van der Waals surface area contributed by atoms with Crippen LogP contribution in [-0.4, -0.2) is 31.0 Å². The highest BCUT2D eigenvalue weighted by molar-refractivity contribution is 6.35. The van der Waals surface area contributed by atoms with E-state index < -0.39 is 24.4 Å². The molecule has 0 bridgehead atoms. The Hall–Kier alpha value is -2.77. The highest BCUT2D eigenvalue weighted by Crippen LogP contribution is 2.27. The van der Waals surface area contributed by atoms with Gasteiger partial charge >= 0.3 is 5.97 Å². The zero-order valence-electron chi connectivity index (χ0n) is 14.7. The molecule has 2 amide bonds. The molecule has 0 aromatic heterocycles. The Morgan fingerprint density at radius 3 is 2.43 bits per heavy atom. The van der Waals surface area contributed by atoms with Gasteiger partial charge in [-0.2, -0.15) is 0 Å². The predicted molar refractivity (Wildman–Crippen MR) is 104 cm³/mol. The van der Waals surface area contributed by atoms with E-state index >= 15 is 0 Å². The van der Waals surface area contributed by atoms with Gasteiger partial charge < -0.3 is 9.47 Å². The molecule has 0 saturated carbocycles. The summed E-state index contributed by atoms with van der Waals surface area (Å²) < 4.78 is 10.3. The SMILES string of the molecule is O=C(COC(=O)CCCOc1ccc(Cl)cc1Cl)NNC(=O)c1ccccc1. The number of carbonyl (C=O) groups excluding carboxylic acids is 3. The maximum absolute atomic E-state index is 11.8. The summed E-state index contributed by atoms with van der Waals surface area (Å²) >= 11 is 11.8. The number of nitrogens with one attached hydrogen (secondary N) is 2. The van der Waals surface area contributed by atoms with Gasteiger partial charge in [0.05, 0.1) is 11.6 Å². The van der Waals surface area contributed by atoms with Crippen molar-refractivity contribution < 1.29 is 23.9 Å². The third kappa shape index (κ3) is 7.46. The third-order valence-electron chi connectivity index (χ3n) is 3.39.